The number of alkyl halides is 3. The van der Waals surface area contributed by atoms with Crippen molar-refractivity contribution < 1.29 is 23.1 Å². The minimum atomic E-state index is -4.25. The summed E-state index contributed by atoms with van der Waals surface area (Å²) in [6.45, 7) is 2.16. The van der Waals surface area contributed by atoms with E-state index < -0.39 is 12.6 Å². The Morgan fingerprint density at radius 1 is 1.07 bits per heavy atom. The normalized spacial score (nSPS) is 11.4. The van der Waals surface area contributed by atoms with Crippen LogP contribution in [0.2, 0.25) is 0 Å². The molecule has 4 nitrogen and oxygen atoms in total. The van der Waals surface area contributed by atoms with Gasteiger partial charge >= 0.3 is 6.18 Å². The molecule has 0 unspecified atom stereocenters. The maximum atomic E-state index is 12.5. The second kappa shape index (κ2) is 8.65. The van der Waals surface area contributed by atoms with Crippen LogP contribution in [-0.2, 0) is 12.8 Å². The van der Waals surface area contributed by atoms with Crippen LogP contribution in [0.4, 0.5) is 13.2 Å². The highest BCUT2D eigenvalue weighted by atomic mass is 32.1. The summed E-state index contributed by atoms with van der Waals surface area (Å²) < 4.78 is 37.4. The number of phenolic OH excluding ortho intramolecular Hbond substituents is 1. The summed E-state index contributed by atoms with van der Waals surface area (Å²) in [5, 5.41) is 12.7. The zero-order chi connectivity index (χ0) is 21.0. The van der Waals surface area contributed by atoms with E-state index in [0.717, 1.165) is 5.56 Å². The van der Waals surface area contributed by atoms with Gasteiger partial charge < -0.3 is 10.4 Å². The SMILES string of the molecule is Cc1nc(-c2ccc(CC(F)(F)F)cc2)sc1C(=O)NCCc1ccc(O)cc1. The van der Waals surface area contributed by atoms with Crippen LogP contribution in [-0.4, -0.2) is 28.7 Å². The zero-order valence-corrected chi connectivity index (χ0v) is 16.4. The Hall–Kier alpha value is -2.87. The molecule has 0 atom stereocenters. The second-order valence-electron chi connectivity index (χ2n) is 6.59. The lowest BCUT2D eigenvalue weighted by Crippen LogP contribution is -2.25. The lowest BCUT2D eigenvalue weighted by Gasteiger charge is -2.06. The molecule has 0 saturated carbocycles. The molecule has 3 aromatic rings. The molecule has 1 heterocycles. The van der Waals surface area contributed by atoms with E-state index in [2.05, 4.69) is 10.3 Å². The molecular weight excluding hydrogens is 401 g/mol. The van der Waals surface area contributed by atoms with E-state index in [1.807, 2.05) is 0 Å². The van der Waals surface area contributed by atoms with Crippen LogP contribution >= 0.6 is 11.3 Å². The predicted octanol–water partition coefficient (Wildman–Crippen LogP) is 4.90. The van der Waals surface area contributed by atoms with Gasteiger partial charge in [-0.1, -0.05) is 36.4 Å². The third kappa shape index (κ3) is 5.80. The summed E-state index contributed by atoms with van der Waals surface area (Å²) in [7, 11) is 0. The minimum absolute atomic E-state index is 0.182. The van der Waals surface area contributed by atoms with Crippen molar-refractivity contribution in [2.45, 2.75) is 25.9 Å². The van der Waals surface area contributed by atoms with E-state index in [4.69, 9.17) is 0 Å². The molecule has 0 saturated heterocycles. The van der Waals surface area contributed by atoms with Crippen molar-refractivity contribution in [3.63, 3.8) is 0 Å². The number of phenols is 1. The van der Waals surface area contributed by atoms with Crippen LogP contribution in [0, 0.1) is 6.92 Å². The number of aryl methyl sites for hydroxylation is 1. The van der Waals surface area contributed by atoms with Gasteiger partial charge in [0, 0.05) is 12.1 Å². The maximum Gasteiger partial charge on any atom is 0.393 e. The number of aromatic nitrogens is 1. The molecule has 2 aromatic carbocycles. The summed E-state index contributed by atoms with van der Waals surface area (Å²) in [5.41, 5.74) is 2.42. The van der Waals surface area contributed by atoms with E-state index in [1.54, 1.807) is 43.3 Å². The van der Waals surface area contributed by atoms with Gasteiger partial charge in [-0.05, 0) is 36.6 Å². The van der Waals surface area contributed by atoms with Crippen molar-refractivity contribution in [3.8, 4) is 16.3 Å². The molecule has 8 heteroatoms. The van der Waals surface area contributed by atoms with Crippen LogP contribution in [0.5, 0.6) is 5.75 Å². The number of carbonyl (C=O) groups is 1. The molecule has 0 bridgehead atoms. The lowest BCUT2D eigenvalue weighted by atomic mass is 10.1. The first-order chi connectivity index (χ1) is 13.7. The minimum Gasteiger partial charge on any atom is -0.508 e. The average molecular weight is 420 g/mol. The Morgan fingerprint density at radius 2 is 1.69 bits per heavy atom. The number of nitrogens with one attached hydrogen (secondary N) is 1. The van der Waals surface area contributed by atoms with Gasteiger partial charge in [0.1, 0.15) is 15.6 Å². The van der Waals surface area contributed by atoms with Gasteiger partial charge in [-0.25, -0.2) is 4.98 Å². The number of hydrogen-bond acceptors (Lipinski definition) is 4. The van der Waals surface area contributed by atoms with Crippen molar-refractivity contribution in [1.82, 2.24) is 10.3 Å². The van der Waals surface area contributed by atoms with Gasteiger partial charge in [-0.3, -0.25) is 4.79 Å². The number of hydrogen-bond donors (Lipinski definition) is 2. The van der Waals surface area contributed by atoms with E-state index >= 15 is 0 Å². The highest BCUT2D eigenvalue weighted by Gasteiger charge is 2.27. The number of halogens is 3. The van der Waals surface area contributed by atoms with Gasteiger partial charge in [0.05, 0.1) is 12.1 Å². The lowest BCUT2D eigenvalue weighted by molar-refractivity contribution is -0.127. The van der Waals surface area contributed by atoms with E-state index in [0.29, 0.717) is 34.1 Å². The number of amides is 1. The number of nitrogens with zero attached hydrogens (tertiary/aromatic N) is 1. The first kappa shape index (κ1) is 20.9. The Balaban J connectivity index is 1.63. The first-order valence-electron chi connectivity index (χ1n) is 8.91. The summed E-state index contributed by atoms with van der Waals surface area (Å²) in [6, 6.07) is 12.8. The monoisotopic (exact) mass is 420 g/mol. The fourth-order valence-electron chi connectivity index (χ4n) is 2.79. The number of rotatable bonds is 6. The number of benzene rings is 2. The maximum absolute atomic E-state index is 12.5. The standard InChI is InChI=1S/C21H19F3N2O2S/c1-13-18(19(28)25-11-10-14-4-8-17(27)9-5-14)29-20(26-13)16-6-2-15(3-7-16)12-21(22,23)24/h2-9,27H,10-12H2,1H3,(H,25,28). The van der Waals surface area contributed by atoms with Crippen LogP contribution in [0.1, 0.15) is 26.5 Å². The van der Waals surface area contributed by atoms with Gasteiger partial charge in [-0.15, -0.1) is 11.3 Å². The quantitative estimate of drug-likeness (QED) is 0.596. The molecule has 152 valence electrons. The van der Waals surface area contributed by atoms with Crippen molar-refractivity contribution in [3.05, 3.63) is 70.2 Å². The zero-order valence-electron chi connectivity index (χ0n) is 15.6. The Kier molecular flexibility index (Phi) is 6.22. The summed E-state index contributed by atoms with van der Waals surface area (Å²) in [4.78, 5) is 17.3. The number of carbonyl (C=O) groups excluding carboxylic acids is 1. The Labute approximate surface area is 170 Å². The molecule has 3 rings (SSSR count). The fraction of sp³-hybridized carbons (Fsp3) is 0.238. The molecule has 0 radical (unpaired) electrons. The molecule has 0 spiro atoms. The summed E-state index contributed by atoms with van der Waals surface area (Å²) >= 11 is 1.21. The average Bonchev–Trinajstić information content (AvgIpc) is 3.04. The largest absolute Gasteiger partial charge is 0.508 e. The third-order valence-electron chi connectivity index (χ3n) is 4.24. The van der Waals surface area contributed by atoms with Crippen LogP contribution in [0.15, 0.2) is 48.5 Å². The van der Waals surface area contributed by atoms with Gasteiger partial charge in [0.2, 0.25) is 0 Å². The van der Waals surface area contributed by atoms with E-state index in [9.17, 15) is 23.1 Å². The third-order valence-corrected chi connectivity index (χ3v) is 5.45. The first-order valence-corrected chi connectivity index (χ1v) is 9.72. The van der Waals surface area contributed by atoms with Gasteiger partial charge in [0.25, 0.3) is 5.91 Å². The molecule has 0 aliphatic heterocycles. The fourth-order valence-corrected chi connectivity index (χ4v) is 3.78. The smallest absolute Gasteiger partial charge is 0.393 e. The summed E-state index contributed by atoms with van der Waals surface area (Å²) in [5.74, 6) is -0.0456. The van der Waals surface area contributed by atoms with Crippen LogP contribution in [0.25, 0.3) is 10.6 Å². The van der Waals surface area contributed by atoms with Crippen molar-refractivity contribution in [2.75, 3.05) is 6.54 Å². The number of thiazole rings is 1. The molecule has 0 fully saturated rings. The predicted molar refractivity (Wildman–Crippen MR) is 106 cm³/mol. The van der Waals surface area contributed by atoms with Crippen LogP contribution < -0.4 is 5.32 Å². The molecule has 1 aromatic heterocycles. The van der Waals surface area contributed by atoms with Gasteiger partial charge in [-0.2, -0.15) is 13.2 Å². The van der Waals surface area contributed by atoms with Gasteiger partial charge in [0.15, 0.2) is 0 Å². The number of aromatic hydroxyl groups is 1. The highest BCUT2D eigenvalue weighted by molar-refractivity contribution is 7.17. The highest BCUT2D eigenvalue weighted by Crippen LogP contribution is 2.29. The van der Waals surface area contributed by atoms with Crippen molar-refractivity contribution in [2.24, 2.45) is 0 Å². The topological polar surface area (TPSA) is 62.2 Å². The molecule has 29 heavy (non-hydrogen) atoms. The molecular formula is C21H19F3N2O2S. The Morgan fingerprint density at radius 3 is 2.31 bits per heavy atom. The second-order valence-corrected chi connectivity index (χ2v) is 7.59. The van der Waals surface area contributed by atoms with Crippen LogP contribution in [0.3, 0.4) is 0 Å². The van der Waals surface area contributed by atoms with Crippen molar-refractivity contribution in [1.29, 1.82) is 0 Å². The molecule has 0 aliphatic rings. The van der Waals surface area contributed by atoms with E-state index in [-0.39, 0.29) is 17.2 Å². The molecule has 0 aliphatic carbocycles. The molecule has 1 amide bonds. The summed E-state index contributed by atoms with van der Waals surface area (Å²) in [6.07, 6.45) is -4.60. The van der Waals surface area contributed by atoms with E-state index in [1.165, 1.54) is 23.5 Å². The van der Waals surface area contributed by atoms with Crippen molar-refractivity contribution >= 4 is 17.2 Å². The molecule has 2 N–H and O–H groups in total. The Bertz CT molecular complexity index is 981.